The maximum Gasteiger partial charge on any atom is 0.306 e. The van der Waals surface area contributed by atoms with E-state index >= 15 is 0 Å². The molecule has 6 nitrogen and oxygen atoms in total. The Balaban J connectivity index is 4.32. The molecule has 0 radical (unpaired) electrons. The first-order valence-electron chi connectivity index (χ1n) is 32.4. The summed E-state index contributed by atoms with van der Waals surface area (Å²) in [6.07, 6.45) is 81.9. The minimum Gasteiger partial charge on any atom is -0.462 e. The van der Waals surface area contributed by atoms with Crippen molar-refractivity contribution >= 4 is 17.9 Å². The first-order valence-corrected chi connectivity index (χ1v) is 32.4. The molecule has 0 aromatic carbocycles. The van der Waals surface area contributed by atoms with Gasteiger partial charge in [0.2, 0.25) is 0 Å². The summed E-state index contributed by atoms with van der Waals surface area (Å²) < 4.78 is 16.9. The van der Waals surface area contributed by atoms with Crippen molar-refractivity contribution < 1.29 is 28.6 Å². The van der Waals surface area contributed by atoms with Gasteiger partial charge in [-0.1, -0.05) is 273 Å². The monoisotopic (exact) mass is 1050 g/mol. The highest BCUT2D eigenvalue weighted by Gasteiger charge is 2.19. The molecule has 1 atom stereocenters. The van der Waals surface area contributed by atoms with Crippen LogP contribution in [0.25, 0.3) is 0 Å². The van der Waals surface area contributed by atoms with Gasteiger partial charge in [-0.2, -0.15) is 0 Å². The van der Waals surface area contributed by atoms with Crippen molar-refractivity contribution in [2.24, 2.45) is 0 Å². The van der Waals surface area contributed by atoms with Crippen molar-refractivity contribution in [2.45, 2.75) is 335 Å². The number of hydrogen-bond acceptors (Lipinski definition) is 6. The summed E-state index contributed by atoms with van der Waals surface area (Å²) in [4.78, 5) is 38.3. The molecule has 0 rings (SSSR count). The number of ether oxygens (including phenoxy) is 3. The predicted octanol–water partition coefficient (Wildman–Crippen LogP) is 22.1. The lowest BCUT2D eigenvalue weighted by molar-refractivity contribution is -0.167. The maximum atomic E-state index is 12.9. The van der Waals surface area contributed by atoms with Crippen LogP contribution in [0.1, 0.15) is 329 Å². The molecule has 0 aliphatic heterocycles. The summed E-state index contributed by atoms with van der Waals surface area (Å²) >= 11 is 0. The van der Waals surface area contributed by atoms with Gasteiger partial charge in [0.1, 0.15) is 13.2 Å². The Labute approximate surface area is 465 Å². The van der Waals surface area contributed by atoms with E-state index in [1.54, 1.807) is 0 Å². The number of rotatable bonds is 59. The molecule has 0 fully saturated rings. The summed E-state index contributed by atoms with van der Waals surface area (Å²) in [5.74, 6) is -0.888. The van der Waals surface area contributed by atoms with Crippen LogP contribution in [0.4, 0.5) is 0 Å². The van der Waals surface area contributed by atoms with Gasteiger partial charge < -0.3 is 14.2 Å². The van der Waals surface area contributed by atoms with E-state index in [4.69, 9.17) is 14.2 Å². The van der Waals surface area contributed by atoms with Crippen LogP contribution in [0, 0.1) is 0 Å². The summed E-state index contributed by atoms with van der Waals surface area (Å²) in [7, 11) is 0. The molecule has 6 heteroatoms. The predicted molar refractivity (Wildman–Crippen MR) is 325 cm³/mol. The van der Waals surface area contributed by atoms with E-state index in [9.17, 15) is 14.4 Å². The lowest BCUT2D eigenvalue weighted by atomic mass is 10.0. The highest BCUT2D eigenvalue weighted by Crippen LogP contribution is 2.16. The van der Waals surface area contributed by atoms with Gasteiger partial charge in [0.05, 0.1) is 0 Å². The van der Waals surface area contributed by atoms with Gasteiger partial charge in [-0.3, -0.25) is 14.4 Å². The summed E-state index contributed by atoms with van der Waals surface area (Å²) in [5.41, 5.74) is 0. The SMILES string of the molecule is CCC/C=C\C/C=C\CCCCCCCC(=O)OCC(COC(=O)CCCCCCCCCCCCC/C=C\C/C=C\CCCCCCC)OC(=O)CCCCCCCCCCC/C=C\C/C=C\CCCCCCC. The fourth-order valence-electron chi connectivity index (χ4n) is 9.25. The van der Waals surface area contributed by atoms with E-state index in [1.807, 2.05) is 0 Å². The number of carbonyl (C=O) groups is 3. The van der Waals surface area contributed by atoms with Crippen molar-refractivity contribution in [1.29, 1.82) is 0 Å². The zero-order valence-electron chi connectivity index (χ0n) is 49.8. The quantitative estimate of drug-likeness (QED) is 0.0261. The van der Waals surface area contributed by atoms with E-state index in [-0.39, 0.29) is 31.1 Å². The second kappa shape index (κ2) is 63.4. The molecule has 0 bridgehead atoms. The molecule has 0 amide bonds. The second-order valence-corrected chi connectivity index (χ2v) is 21.7. The fraction of sp³-hybridized carbons (Fsp3) is 0.783. The van der Waals surface area contributed by atoms with Gasteiger partial charge in [0, 0.05) is 19.3 Å². The topological polar surface area (TPSA) is 78.9 Å². The molecule has 1 unspecified atom stereocenters. The molecule has 0 aromatic heterocycles. The average Bonchev–Trinajstić information content (AvgIpc) is 3.41. The minimum atomic E-state index is -0.785. The number of hydrogen-bond donors (Lipinski definition) is 0. The van der Waals surface area contributed by atoms with E-state index in [1.165, 1.54) is 193 Å². The lowest BCUT2D eigenvalue weighted by Crippen LogP contribution is -2.30. The van der Waals surface area contributed by atoms with Crippen LogP contribution < -0.4 is 0 Å². The molecule has 0 saturated heterocycles. The van der Waals surface area contributed by atoms with E-state index < -0.39 is 6.10 Å². The van der Waals surface area contributed by atoms with E-state index in [0.29, 0.717) is 19.3 Å². The first-order chi connectivity index (χ1) is 37.0. The molecule has 0 N–H and O–H groups in total. The summed E-state index contributed by atoms with van der Waals surface area (Å²) in [6.45, 7) is 6.57. The number of carbonyl (C=O) groups excluding carboxylic acids is 3. The second-order valence-electron chi connectivity index (χ2n) is 21.7. The van der Waals surface area contributed by atoms with Gasteiger partial charge in [-0.15, -0.1) is 0 Å². The summed E-state index contributed by atoms with van der Waals surface area (Å²) in [6, 6.07) is 0. The molecule has 0 aliphatic carbocycles. The molecule has 0 heterocycles. The smallest absolute Gasteiger partial charge is 0.306 e. The highest BCUT2D eigenvalue weighted by atomic mass is 16.6. The molecule has 0 spiro atoms. The molecule has 0 aliphatic rings. The number of esters is 3. The van der Waals surface area contributed by atoms with E-state index in [0.717, 1.165) is 96.3 Å². The Morgan fingerprint density at radius 3 is 0.787 bits per heavy atom. The standard InChI is InChI=1S/C69H122O6/c1-4-7-10-13-16-19-22-25-27-29-31-33-34-36-37-39-41-44-47-50-53-56-59-62-68(71)74-65-66(64-73-67(70)61-58-55-52-49-46-43-24-21-18-15-12-9-6-3)75-69(72)63-60-57-54-51-48-45-42-40-38-35-32-30-28-26-23-20-17-14-11-8-5-2/h12,15,21-26,29-32,66H,4-11,13-14,16-20,27-28,33-65H2,1-3H3/b15-12-,24-21-,25-22-,26-23-,31-29-,32-30-. The molecule has 0 saturated carbocycles. The van der Waals surface area contributed by atoms with Crippen molar-refractivity contribution in [1.82, 2.24) is 0 Å². The fourth-order valence-corrected chi connectivity index (χ4v) is 9.25. The largest absolute Gasteiger partial charge is 0.462 e. The van der Waals surface area contributed by atoms with Crippen LogP contribution in [0.15, 0.2) is 72.9 Å². The Kier molecular flexibility index (Phi) is 60.7. The van der Waals surface area contributed by atoms with Crippen LogP contribution in [0.3, 0.4) is 0 Å². The van der Waals surface area contributed by atoms with Crippen molar-refractivity contribution in [3.63, 3.8) is 0 Å². The van der Waals surface area contributed by atoms with Crippen molar-refractivity contribution in [2.75, 3.05) is 13.2 Å². The van der Waals surface area contributed by atoms with Crippen LogP contribution in [-0.4, -0.2) is 37.2 Å². The molecule has 0 aromatic rings. The lowest BCUT2D eigenvalue weighted by Gasteiger charge is -2.18. The third kappa shape index (κ3) is 61.6. The Hall–Kier alpha value is -3.15. The van der Waals surface area contributed by atoms with Gasteiger partial charge >= 0.3 is 17.9 Å². The number of allylic oxidation sites excluding steroid dienone is 12. The first kappa shape index (κ1) is 71.8. The normalized spacial score (nSPS) is 12.5. The molecular weight excluding hydrogens is 925 g/mol. The van der Waals surface area contributed by atoms with Gasteiger partial charge in [-0.25, -0.2) is 0 Å². The van der Waals surface area contributed by atoms with E-state index in [2.05, 4.69) is 93.7 Å². The van der Waals surface area contributed by atoms with Gasteiger partial charge in [0.25, 0.3) is 0 Å². The van der Waals surface area contributed by atoms with Crippen LogP contribution in [0.5, 0.6) is 0 Å². The zero-order chi connectivity index (χ0) is 54.3. The Bertz CT molecular complexity index is 1390. The molecule has 434 valence electrons. The van der Waals surface area contributed by atoms with Gasteiger partial charge in [0.15, 0.2) is 6.10 Å². The number of unbranched alkanes of at least 4 members (excludes halogenated alkanes) is 36. The maximum absolute atomic E-state index is 12.9. The van der Waals surface area contributed by atoms with Crippen LogP contribution in [0.2, 0.25) is 0 Å². The summed E-state index contributed by atoms with van der Waals surface area (Å²) in [5, 5.41) is 0. The third-order valence-electron chi connectivity index (χ3n) is 14.1. The molecule has 75 heavy (non-hydrogen) atoms. The van der Waals surface area contributed by atoms with Crippen molar-refractivity contribution in [3.8, 4) is 0 Å². The third-order valence-corrected chi connectivity index (χ3v) is 14.1. The van der Waals surface area contributed by atoms with Crippen molar-refractivity contribution in [3.05, 3.63) is 72.9 Å². The highest BCUT2D eigenvalue weighted by molar-refractivity contribution is 5.71. The van der Waals surface area contributed by atoms with Crippen LogP contribution >= 0.6 is 0 Å². The Morgan fingerprint density at radius 1 is 0.267 bits per heavy atom. The zero-order valence-corrected chi connectivity index (χ0v) is 49.8. The van der Waals surface area contributed by atoms with Gasteiger partial charge in [-0.05, 0) is 109 Å². The minimum absolute atomic E-state index is 0.0814. The molecular formula is C69H122O6. The Morgan fingerprint density at radius 2 is 0.507 bits per heavy atom. The van der Waals surface area contributed by atoms with Crippen LogP contribution in [-0.2, 0) is 28.6 Å². The average molecular weight is 1050 g/mol.